The largest absolute Gasteiger partial charge is 0.490 e. The van der Waals surface area contributed by atoms with Crippen LogP contribution in [0.5, 0.6) is 11.5 Å². The van der Waals surface area contributed by atoms with Crippen molar-refractivity contribution in [1.29, 1.82) is 0 Å². The van der Waals surface area contributed by atoms with Crippen molar-refractivity contribution in [2.24, 2.45) is 0 Å². The maximum atomic E-state index is 12.1. The molecular formula is C23H25NO3S2. The Bertz CT molecular complexity index is 891. The van der Waals surface area contributed by atoms with E-state index in [-0.39, 0.29) is 5.91 Å². The standard InChI is InChI=1S/C23H25NO3S2/c1-4-16(2)18-7-11-20(12-8-18)27-14-13-26-19-9-5-17(6-10-19)15-21-22(25)24(3)23(28)29-21/h5-12,15-16H,4,13-14H2,1-3H3/b21-15+. The van der Waals surface area contributed by atoms with E-state index in [1.165, 1.54) is 22.2 Å². The quantitative estimate of drug-likeness (QED) is 0.316. The third kappa shape index (κ3) is 5.61. The molecule has 2 aromatic carbocycles. The van der Waals surface area contributed by atoms with Crippen molar-refractivity contribution in [2.75, 3.05) is 20.3 Å². The highest BCUT2D eigenvalue weighted by Crippen LogP contribution is 2.31. The van der Waals surface area contributed by atoms with E-state index in [0.29, 0.717) is 28.4 Å². The molecule has 0 spiro atoms. The Morgan fingerprint density at radius 1 is 1.03 bits per heavy atom. The SMILES string of the molecule is CCC(C)c1ccc(OCCOc2ccc(/C=C3/SC(=S)N(C)C3=O)cc2)cc1. The zero-order valence-electron chi connectivity index (χ0n) is 16.9. The topological polar surface area (TPSA) is 38.8 Å². The van der Waals surface area contributed by atoms with Gasteiger partial charge in [-0.3, -0.25) is 9.69 Å². The Balaban J connectivity index is 1.46. The first-order valence-corrected chi connectivity index (χ1v) is 10.9. The lowest BCUT2D eigenvalue weighted by Crippen LogP contribution is -2.22. The normalized spacial score (nSPS) is 16.4. The highest BCUT2D eigenvalue weighted by molar-refractivity contribution is 8.26. The maximum Gasteiger partial charge on any atom is 0.265 e. The average molecular weight is 428 g/mol. The van der Waals surface area contributed by atoms with Crippen molar-refractivity contribution >= 4 is 40.3 Å². The number of thiocarbonyl (C=S) groups is 1. The molecule has 1 aliphatic rings. The van der Waals surface area contributed by atoms with Gasteiger partial charge < -0.3 is 9.47 Å². The molecule has 3 rings (SSSR count). The van der Waals surface area contributed by atoms with Gasteiger partial charge in [-0.2, -0.15) is 0 Å². The van der Waals surface area contributed by atoms with Crippen molar-refractivity contribution in [3.63, 3.8) is 0 Å². The molecule has 1 heterocycles. The van der Waals surface area contributed by atoms with Crippen LogP contribution in [0.2, 0.25) is 0 Å². The second kappa shape index (κ2) is 9.94. The smallest absolute Gasteiger partial charge is 0.265 e. The van der Waals surface area contributed by atoms with Gasteiger partial charge in [-0.15, -0.1) is 0 Å². The van der Waals surface area contributed by atoms with Crippen LogP contribution in [0.1, 0.15) is 37.3 Å². The van der Waals surface area contributed by atoms with Gasteiger partial charge in [-0.25, -0.2) is 0 Å². The molecule has 29 heavy (non-hydrogen) atoms. The first-order chi connectivity index (χ1) is 14.0. The maximum absolute atomic E-state index is 12.1. The number of benzene rings is 2. The Labute approximate surface area is 181 Å². The van der Waals surface area contributed by atoms with Gasteiger partial charge in [-0.05, 0) is 53.8 Å². The van der Waals surface area contributed by atoms with Gasteiger partial charge >= 0.3 is 0 Å². The van der Waals surface area contributed by atoms with Crippen LogP contribution >= 0.6 is 24.0 Å². The van der Waals surface area contributed by atoms with Crippen LogP contribution in [0.3, 0.4) is 0 Å². The van der Waals surface area contributed by atoms with Gasteiger partial charge in [0.15, 0.2) is 0 Å². The third-order valence-corrected chi connectivity index (χ3v) is 6.33. The molecule has 0 aromatic heterocycles. The molecule has 1 unspecified atom stereocenters. The molecule has 1 fully saturated rings. The van der Waals surface area contributed by atoms with Crippen molar-refractivity contribution in [3.05, 3.63) is 64.6 Å². The number of ether oxygens (including phenoxy) is 2. The fraction of sp³-hybridized carbons (Fsp3) is 0.304. The summed E-state index contributed by atoms with van der Waals surface area (Å²) in [6.45, 7) is 5.35. The number of likely N-dealkylation sites (N-methyl/N-ethyl adjacent to an activating group) is 1. The van der Waals surface area contributed by atoms with Gasteiger partial charge in [0.05, 0.1) is 4.91 Å². The average Bonchev–Trinajstić information content (AvgIpc) is 2.98. The minimum atomic E-state index is -0.0605. The highest BCUT2D eigenvalue weighted by Gasteiger charge is 2.28. The molecule has 0 bridgehead atoms. The van der Waals surface area contributed by atoms with E-state index in [2.05, 4.69) is 26.0 Å². The number of nitrogens with zero attached hydrogens (tertiary/aromatic N) is 1. The molecule has 6 heteroatoms. The number of hydrogen-bond acceptors (Lipinski definition) is 5. The summed E-state index contributed by atoms with van der Waals surface area (Å²) in [5.41, 5.74) is 2.27. The van der Waals surface area contributed by atoms with E-state index in [0.717, 1.165) is 23.5 Å². The van der Waals surface area contributed by atoms with Crippen LogP contribution in [-0.4, -0.2) is 35.4 Å². The fourth-order valence-electron chi connectivity index (χ4n) is 2.80. The molecule has 4 nitrogen and oxygen atoms in total. The van der Waals surface area contributed by atoms with E-state index in [1.54, 1.807) is 7.05 Å². The van der Waals surface area contributed by atoms with Gasteiger partial charge in [-0.1, -0.05) is 62.1 Å². The lowest BCUT2D eigenvalue weighted by atomic mass is 9.99. The van der Waals surface area contributed by atoms with Crippen LogP contribution < -0.4 is 9.47 Å². The lowest BCUT2D eigenvalue weighted by molar-refractivity contribution is -0.121. The molecule has 152 valence electrons. The number of carbonyl (C=O) groups excluding carboxylic acids is 1. The molecule has 0 N–H and O–H groups in total. The monoisotopic (exact) mass is 427 g/mol. The van der Waals surface area contributed by atoms with Crippen molar-refractivity contribution < 1.29 is 14.3 Å². The van der Waals surface area contributed by atoms with Crippen LogP contribution in [-0.2, 0) is 4.79 Å². The van der Waals surface area contributed by atoms with E-state index >= 15 is 0 Å². The van der Waals surface area contributed by atoms with Gasteiger partial charge in [0.1, 0.15) is 29.0 Å². The summed E-state index contributed by atoms with van der Waals surface area (Å²) >= 11 is 6.47. The highest BCUT2D eigenvalue weighted by atomic mass is 32.2. The predicted molar refractivity (Wildman–Crippen MR) is 124 cm³/mol. The van der Waals surface area contributed by atoms with Crippen LogP contribution in [0.25, 0.3) is 6.08 Å². The molecular weight excluding hydrogens is 402 g/mol. The molecule has 0 saturated carbocycles. The predicted octanol–water partition coefficient (Wildman–Crippen LogP) is 5.49. The van der Waals surface area contributed by atoms with E-state index in [9.17, 15) is 4.79 Å². The number of thioether (sulfide) groups is 1. The second-order valence-electron chi connectivity index (χ2n) is 6.89. The summed E-state index contributed by atoms with van der Waals surface area (Å²) in [7, 11) is 1.69. The fourth-order valence-corrected chi connectivity index (χ4v) is 3.98. The third-order valence-electron chi connectivity index (χ3n) is 4.85. The van der Waals surface area contributed by atoms with Crippen LogP contribution in [0, 0.1) is 0 Å². The molecule has 0 aliphatic carbocycles. The molecule has 1 atom stereocenters. The molecule has 0 radical (unpaired) electrons. The summed E-state index contributed by atoms with van der Waals surface area (Å²) in [6, 6.07) is 15.9. The Hall–Kier alpha value is -2.31. The van der Waals surface area contributed by atoms with Crippen molar-refractivity contribution in [3.8, 4) is 11.5 Å². The molecule has 1 saturated heterocycles. The Morgan fingerprint density at radius 3 is 2.07 bits per heavy atom. The first kappa shape index (κ1) is 21.4. The summed E-state index contributed by atoms with van der Waals surface area (Å²) in [4.78, 5) is 14.2. The summed E-state index contributed by atoms with van der Waals surface area (Å²) in [5.74, 6) is 2.12. The number of rotatable bonds is 8. The van der Waals surface area contributed by atoms with Crippen LogP contribution in [0.15, 0.2) is 53.4 Å². The van der Waals surface area contributed by atoms with Crippen LogP contribution in [0.4, 0.5) is 0 Å². The Kier molecular flexibility index (Phi) is 7.34. The van der Waals surface area contributed by atoms with Gasteiger partial charge in [0.25, 0.3) is 5.91 Å². The summed E-state index contributed by atoms with van der Waals surface area (Å²) in [5, 5.41) is 0. The van der Waals surface area contributed by atoms with Gasteiger partial charge in [0, 0.05) is 7.05 Å². The minimum absolute atomic E-state index is 0.0605. The minimum Gasteiger partial charge on any atom is -0.490 e. The first-order valence-electron chi connectivity index (χ1n) is 9.65. The lowest BCUT2D eigenvalue weighted by Gasteiger charge is -2.11. The Morgan fingerprint density at radius 2 is 1.59 bits per heavy atom. The molecule has 1 amide bonds. The second-order valence-corrected chi connectivity index (χ2v) is 8.56. The summed E-state index contributed by atoms with van der Waals surface area (Å²) in [6.07, 6.45) is 2.97. The molecule has 2 aromatic rings. The zero-order valence-corrected chi connectivity index (χ0v) is 18.5. The van der Waals surface area contributed by atoms with Crippen molar-refractivity contribution in [1.82, 2.24) is 4.90 Å². The molecule has 1 aliphatic heterocycles. The van der Waals surface area contributed by atoms with E-state index in [1.807, 2.05) is 42.5 Å². The van der Waals surface area contributed by atoms with Gasteiger partial charge in [0.2, 0.25) is 0 Å². The number of hydrogen-bond donors (Lipinski definition) is 0. The van der Waals surface area contributed by atoms with E-state index in [4.69, 9.17) is 21.7 Å². The van der Waals surface area contributed by atoms with E-state index < -0.39 is 0 Å². The number of carbonyl (C=O) groups is 1. The summed E-state index contributed by atoms with van der Waals surface area (Å²) < 4.78 is 12.1. The number of amides is 1. The zero-order chi connectivity index (χ0) is 20.8. The van der Waals surface area contributed by atoms with Crippen molar-refractivity contribution in [2.45, 2.75) is 26.2 Å².